The topological polar surface area (TPSA) is 50.9 Å². The number of nitrogens with one attached hydrogen (secondary N) is 1. The van der Waals surface area contributed by atoms with Gasteiger partial charge >= 0.3 is 0 Å². The lowest BCUT2D eigenvalue weighted by Crippen LogP contribution is -2.12. The van der Waals surface area contributed by atoms with Gasteiger partial charge < -0.3 is 5.43 Å². The molecule has 3 nitrogen and oxygen atoms in total. The minimum atomic E-state index is -0.878. The highest BCUT2D eigenvalue weighted by Gasteiger charge is 2.18. The largest absolute Gasteiger partial charge is 0.323 e. The van der Waals surface area contributed by atoms with Crippen LogP contribution in [0.25, 0.3) is 10.9 Å². The van der Waals surface area contributed by atoms with E-state index >= 15 is 0 Å². The Morgan fingerprint density at radius 2 is 1.79 bits per heavy atom. The summed E-state index contributed by atoms with van der Waals surface area (Å²) in [6.45, 7) is 0. The number of fused-ring (bicyclic) bond motifs is 2. The Labute approximate surface area is 109 Å². The van der Waals surface area contributed by atoms with Crippen LogP contribution in [0.1, 0.15) is 30.5 Å². The number of nitrogen functional groups attached to an aromatic ring is 1. The first-order valence-electron chi connectivity index (χ1n) is 6.48. The third kappa shape index (κ3) is 2.04. The second-order valence-electron chi connectivity index (χ2n) is 4.90. The molecule has 0 radical (unpaired) electrons. The Hall–Kier alpha value is -1.75. The third-order valence-electron chi connectivity index (χ3n) is 3.70. The monoisotopic (exact) mass is 263 g/mol. The van der Waals surface area contributed by atoms with Crippen molar-refractivity contribution in [1.82, 2.24) is 4.98 Å². The number of anilines is 1. The van der Waals surface area contributed by atoms with Crippen LogP contribution in [0.15, 0.2) is 12.1 Å². The van der Waals surface area contributed by atoms with E-state index in [0.717, 1.165) is 55.5 Å². The number of benzene rings is 1. The molecule has 2 aromatic rings. The zero-order chi connectivity index (χ0) is 13.4. The standard InChI is InChI=1S/C14H15F2N3/c15-10-6-9-13(7-11(10)16)18-12-5-3-1-2-4-8(12)14(9)19-17/h6-7H,1-5,17H2,(H,18,19). The molecule has 3 rings (SSSR count). The molecule has 0 aliphatic heterocycles. The number of hydrogen-bond acceptors (Lipinski definition) is 3. The van der Waals surface area contributed by atoms with Gasteiger partial charge in [0.25, 0.3) is 0 Å². The normalized spacial score (nSPS) is 15.1. The number of aromatic nitrogens is 1. The molecule has 0 atom stereocenters. The molecule has 1 aliphatic carbocycles. The minimum absolute atomic E-state index is 0.451. The van der Waals surface area contributed by atoms with Gasteiger partial charge in [-0.15, -0.1) is 0 Å². The Morgan fingerprint density at radius 1 is 1.05 bits per heavy atom. The van der Waals surface area contributed by atoms with E-state index in [1.807, 2.05) is 0 Å². The lowest BCUT2D eigenvalue weighted by molar-refractivity contribution is 0.510. The van der Waals surface area contributed by atoms with Crippen LogP contribution in [0.4, 0.5) is 14.5 Å². The van der Waals surface area contributed by atoms with Crippen molar-refractivity contribution >= 4 is 16.6 Å². The van der Waals surface area contributed by atoms with E-state index in [1.54, 1.807) is 0 Å². The summed E-state index contributed by atoms with van der Waals surface area (Å²) in [5, 5.41) is 0.544. The van der Waals surface area contributed by atoms with E-state index in [4.69, 9.17) is 5.84 Å². The fourth-order valence-corrected chi connectivity index (χ4v) is 2.76. The van der Waals surface area contributed by atoms with E-state index in [1.165, 1.54) is 0 Å². The molecule has 1 aromatic heterocycles. The predicted octanol–water partition coefficient (Wildman–Crippen LogP) is 3.07. The maximum Gasteiger partial charge on any atom is 0.161 e. The van der Waals surface area contributed by atoms with Crippen LogP contribution in [0, 0.1) is 11.6 Å². The quantitative estimate of drug-likeness (QED) is 0.472. The number of nitrogens with two attached hydrogens (primary N) is 1. The molecule has 19 heavy (non-hydrogen) atoms. The highest BCUT2D eigenvalue weighted by Crippen LogP contribution is 2.33. The van der Waals surface area contributed by atoms with Crippen molar-refractivity contribution in [2.45, 2.75) is 32.1 Å². The summed E-state index contributed by atoms with van der Waals surface area (Å²) in [5.41, 5.74) is 5.76. The van der Waals surface area contributed by atoms with Crippen LogP contribution >= 0.6 is 0 Å². The molecule has 0 saturated carbocycles. The van der Waals surface area contributed by atoms with Gasteiger partial charge in [0.2, 0.25) is 0 Å². The lowest BCUT2D eigenvalue weighted by Gasteiger charge is -2.15. The molecule has 0 unspecified atom stereocenters. The van der Waals surface area contributed by atoms with Crippen LogP contribution in [0.3, 0.4) is 0 Å². The molecular formula is C14H15F2N3. The molecule has 0 spiro atoms. The summed E-state index contributed by atoms with van der Waals surface area (Å²) < 4.78 is 26.7. The van der Waals surface area contributed by atoms with Crippen LogP contribution in [-0.4, -0.2) is 4.98 Å². The molecule has 100 valence electrons. The van der Waals surface area contributed by atoms with Gasteiger partial charge in [-0.2, -0.15) is 0 Å². The van der Waals surface area contributed by atoms with Gasteiger partial charge in [0.1, 0.15) is 0 Å². The average molecular weight is 263 g/mol. The molecule has 1 heterocycles. The first kappa shape index (κ1) is 12.3. The van der Waals surface area contributed by atoms with Gasteiger partial charge in [-0.3, -0.25) is 10.8 Å². The summed E-state index contributed by atoms with van der Waals surface area (Å²) in [6.07, 6.45) is 5.01. The van der Waals surface area contributed by atoms with Crippen molar-refractivity contribution in [2.24, 2.45) is 5.84 Å². The minimum Gasteiger partial charge on any atom is -0.323 e. The van der Waals surface area contributed by atoms with Crippen LogP contribution in [0.5, 0.6) is 0 Å². The van der Waals surface area contributed by atoms with E-state index in [9.17, 15) is 8.78 Å². The summed E-state index contributed by atoms with van der Waals surface area (Å²) in [4.78, 5) is 4.48. The van der Waals surface area contributed by atoms with E-state index in [-0.39, 0.29) is 0 Å². The molecule has 0 bridgehead atoms. The van der Waals surface area contributed by atoms with Crippen molar-refractivity contribution in [3.05, 3.63) is 35.0 Å². The van der Waals surface area contributed by atoms with Crippen LogP contribution in [-0.2, 0) is 12.8 Å². The Kier molecular flexibility index (Phi) is 3.06. The zero-order valence-electron chi connectivity index (χ0n) is 10.5. The summed E-state index contributed by atoms with van der Waals surface area (Å²) >= 11 is 0. The molecule has 1 aliphatic rings. The summed E-state index contributed by atoms with van der Waals surface area (Å²) in [6, 6.07) is 2.30. The van der Waals surface area contributed by atoms with E-state index in [2.05, 4.69) is 10.4 Å². The summed E-state index contributed by atoms with van der Waals surface area (Å²) in [7, 11) is 0. The number of nitrogens with zero attached hydrogens (tertiary/aromatic N) is 1. The number of rotatable bonds is 1. The maximum absolute atomic E-state index is 13.4. The Balaban J connectivity index is 2.33. The predicted molar refractivity (Wildman–Crippen MR) is 70.7 cm³/mol. The molecule has 0 saturated heterocycles. The maximum atomic E-state index is 13.4. The second kappa shape index (κ2) is 4.74. The van der Waals surface area contributed by atoms with Crippen LogP contribution < -0.4 is 11.3 Å². The molecule has 0 amide bonds. The fourth-order valence-electron chi connectivity index (χ4n) is 2.76. The number of hydrazine groups is 1. The number of hydrogen-bond donors (Lipinski definition) is 2. The number of halogens is 2. The first-order valence-corrected chi connectivity index (χ1v) is 6.48. The van der Waals surface area contributed by atoms with E-state index < -0.39 is 11.6 Å². The van der Waals surface area contributed by atoms with Crippen molar-refractivity contribution in [1.29, 1.82) is 0 Å². The number of pyridine rings is 1. The van der Waals surface area contributed by atoms with Crippen LogP contribution in [0.2, 0.25) is 0 Å². The van der Waals surface area contributed by atoms with Gasteiger partial charge in [-0.05, 0) is 37.3 Å². The van der Waals surface area contributed by atoms with Gasteiger partial charge in [0, 0.05) is 17.1 Å². The van der Waals surface area contributed by atoms with Gasteiger partial charge in [0.15, 0.2) is 11.6 Å². The zero-order valence-corrected chi connectivity index (χ0v) is 10.5. The SMILES string of the molecule is NNc1c2c(nc3cc(F)c(F)cc13)CCCCC2. The average Bonchev–Trinajstić information content (AvgIpc) is 2.63. The van der Waals surface area contributed by atoms with Crippen molar-refractivity contribution < 1.29 is 8.78 Å². The number of aryl methyl sites for hydroxylation is 1. The third-order valence-corrected chi connectivity index (χ3v) is 3.70. The second-order valence-corrected chi connectivity index (χ2v) is 4.90. The van der Waals surface area contributed by atoms with Crippen molar-refractivity contribution in [3.8, 4) is 0 Å². The molecule has 3 N–H and O–H groups in total. The fraction of sp³-hybridized carbons (Fsp3) is 0.357. The summed E-state index contributed by atoms with van der Waals surface area (Å²) in [5.74, 6) is 3.83. The smallest absolute Gasteiger partial charge is 0.161 e. The molecule has 0 fully saturated rings. The van der Waals surface area contributed by atoms with Gasteiger partial charge in [0.05, 0.1) is 11.2 Å². The van der Waals surface area contributed by atoms with Gasteiger partial charge in [-0.1, -0.05) is 6.42 Å². The first-order chi connectivity index (χ1) is 9.20. The Bertz CT molecular complexity index is 640. The van der Waals surface area contributed by atoms with Crippen molar-refractivity contribution in [3.63, 3.8) is 0 Å². The molecular weight excluding hydrogens is 248 g/mol. The Morgan fingerprint density at radius 3 is 2.58 bits per heavy atom. The van der Waals surface area contributed by atoms with E-state index in [0.29, 0.717) is 16.6 Å². The lowest BCUT2D eigenvalue weighted by atomic mass is 10.0. The highest BCUT2D eigenvalue weighted by molar-refractivity contribution is 5.93. The highest BCUT2D eigenvalue weighted by atomic mass is 19.2. The molecule has 5 heteroatoms. The van der Waals surface area contributed by atoms with Crippen molar-refractivity contribution in [2.75, 3.05) is 5.43 Å². The van der Waals surface area contributed by atoms with Gasteiger partial charge in [-0.25, -0.2) is 8.78 Å². The molecule has 1 aromatic carbocycles.